The fraction of sp³-hybridized carbons (Fsp3) is 0.297. The molecule has 4 atom stereocenters. The summed E-state index contributed by atoms with van der Waals surface area (Å²) in [5, 5.41) is 25.4. The van der Waals surface area contributed by atoms with Crippen LogP contribution in [0.2, 0.25) is 0 Å². The number of piperidine rings is 2. The van der Waals surface area contributed by atoms with Gasteiger partial charge in [0.25, 0.3) is 11.4 Å². The van der Waals surface area contributed by atoms with E-state index in [1.165, 1.54) is 18.2 Å². The monoisotopic (exact) mass is 628 g/mol. The highest BCUT2D eigenvalue weighted by atomic mass is 16.6. The number of fused-ring (bicyclic) bond motifs is 4. The summed E-state index contributed by atoms with van der Waals surface area (Å²) in [7, 11) is 1.93. The number of ketones is 2. The van der Waals surface area contributed by atoms with Crippen LogP contribution in [0.4, 0.5) is 11.4 Å². The Hall–Kier alpha value is -5.06. The minimum Gasteiger partial charge on any atom is -0.301 e. The van der Waals surface area contributed by atoms with Crippen LogP contribution < -0.4 is 0 Å². The highest BCUT2D eigenvalue weighted by Crippen LogP contribution is 2.69. The highest BCUT2D eigenvalue weighted by Gasteiger charge is 2.77. The van der Waals surface area contributed by atoms with Gasteiger partial charge in [0.2, 0.25) is 0 Å². The maximum Gasteiger partial charge on any atom is 0.270 e. The van der Waals surface area contributed by atoms with Gasteiger partial charge in [-0.15, -0.1) is 0 Å². The summed E-state index contributed by atoms with van der Waals surface area (Å²) >= 11 is 0. The quantitative estimate of drug-likeness (QED) is 0.147. The molecular formula is C37H32N4O6. The van der Waals surface area contributed by atoms with Crippen molar-refractivity contribution in [2.45, 2.75) is 36.8 Å². The Morgan fingerprint density at radius 3 is 2.32 bits per heavy atom. The second-order valence-corrected chi connectivity index (χ2v) is 13.3. The first-order valence-electron chi connectivity index (χ1n) is 15.9. The zero-order valence-corrected chi connectivity index (χ0v) is 25.8. The molecule has 8 rings (SSSR count). The number of likely N-dealkylation sites (N-methyl/N-ethyl adjacent to an activating group) is 1. The molecule has 3 fully saturated rings. The molecule has 3 aliphatic heterocycles. The Morgan fingerprint density at radius 1 is 0.851 bits per heavy atom. The van der Waals surface area contributed by atoms with Crippen molar-refractivity contribution in [1.29, 1.82) is 0 Å². The van der Waals surface area contributed by atoms with E-state index in [1.807, 2.05) is 49.5 Å². The maximum absolute atomic E-state index is 15.7. The van der Waals surface area contributed by atoms with E-state index in [4.69, 9.17) is 0 Å². The second kappa shape index (κ2) is 10.5. The number of rotatable bonds is 4. The lowest BCUT2D eigenvalue weighted by Crippen LogP contribution is -2.65. The number of benzene rings is 4. The Balaban J connectivity index is 1.45. The average molecular weight is 629 g/mol. The largest absolute Gasteiger partial charge is 0.301 e. The summed E-state index contributed by atoms with van der Waals surface area (Å²) in [5.41, 5.74) is 0.182. The van der Waals surface area contributed by atoms with E-state index in [-0.39, 0.29) is 42.1 Å². The number of non-ortho nitro benzene ring substituents is 2. The van der Waals surface area contributed by atoms with Gasteiger partial charge in [0.05, 0.1) is 15.3 Å². The third kappa shape index (κ3) is 3.91. The Morgan fingerprint density at radius 2 is 1.55 bits per heavy atom. The number of hydrogen-bond acceptors (Lipinski definition) is 8. The molecule has 1 unspecified atom stereocenters. The average Bonchev–Trinajstić information content (AvgIpc) is 3.48. The van der Waals surface area contributed by atoms with E-state index in [9.17, 15) is 20.2 Å². The predicted octanol–water partition coefficient (Wildman–Crippen LogP) is 6.28. The number of hydrogen-bond donors (Lipinski definition) is 0. The first-order chi connectivity index (χ1) is 22.7. The van der Waals surface area contributed by atoms with Crippen molar-refractivity contribution in [3.05, 3.63) is 133 Å². The van der Waals surface area contributed by atoms with E-state index >= 15 is 9.59 Å². The summed E-state index contributed by atoms with van der Waals surface area (Å²) in [5.74, 6) is -0.839. The second-order valence-electron chi connectivity index (χ2n) is 13.3. The zero-order valence-electron chi connectivity index (χ0n) is 25.8. The molecule has 4 aromatic rings. The van der Waals surface area contributed by atoms with Gasteiger partial charge in [0, 0.05) is 60.5 Å². The van der Waals surface area contributed by atoms with Crippen LogP contribution in [-0.4, -0.2) is 63.9 Å². The van der Waals surface area contributed by atoms with Gasteiger partial charge in [-0.1, -0.05) is 67.1 Å². The molecular weight excluding hydrogens is 596 g/mol. The fourth-order valence-corrected chi connectivity index (χ4v) is 9.51. The predicted molar refractivity (Wildman–Crippen MR) is 176 cm³/mol. The molecule has 10 nitrogen and oxygen atoms in total. The molecule has 3 heterocycles. The maximum atomic E-state index is 15.7. The van der Waals surface area contributed by atoms with Crippen molar-refractivity contribution in [2.24, 2.45) is 5.41 Å². The summed E-state index contributed by atoms with van der Waals surface area (Å²) < 4.78 is 0. The van der Waals surface area contributed by atoms with Crippen LogP contribution in [0, 0.1) is 25.6 Å². The number of Topliss-reactive ketones (excluding diaryl/α,β-unsaturated/α-hetero) is 2. The molecule has 236 valence electrons. The van der Waals surface area contributed by atoms with Gasteiger partial charge in [-0.3, -0.25) is 34.7 Å². The Labute approximate surface area is 270 Å². The van der Waals surface area contributed by atoms with Crippen LogP contribution in [0.15, 0.2) is 90.5 Å². The van der Waals surface area contributed by atoms with Crippen LogP contribution in [0.1, 0.15) is 52.2 Å². The number of nitrogens with zero attached hydrogens (tertiary/aromatic N) is 4. The molecule has 0 N–H and O–H groups in total. The first kappa shape index (κ1) is 29.3. The van der Waals surface area contributed by atoms with Crippen molar-refractivity contribution in [3.8, 4) is 0 Å². The molecule has 47 heavy (non-hydrogen) atoms. The molecule has 2 spiro atoms. The van der Waals surface area contributed by atoms with Crippen LogP contribution >= 0.6 is 0 Å². The molecule has 0 aromatic heterocycles. The van der Waals surface area contributed by atoms with Crippen molar-refractivity contribution < 1.29 is 19.4 Å². The molecule has 0 bridgehead atoms. The van der Waals surface area contributed by atoms with Crippen molar-refractivity contribution in [3.63, 3.8) is 0 Å². The number of carbonyl (C=O) groups excluding carboxylic acids is 2. The van der Waals surface area contributed by atoms with E-state index in [0.717, 1.165) is 35.6 Å². The SMILES string of the molecule is CN1C/C(=C\c2cccc([N+](=O)[O-])c2)C(=O)C2(C1)[C@@H](c1cccc([N+](=O)[O-])c1)[C@@H]1CCCCN1[C@@]21C(=O)c2cccc3cccc1c23. The fourth-order valence-electron chi connectivity index (χ4n) is 9.51. The molecule has 1 aliphatic carbocycles. The van der Waals surface area contributed by atoms with Gasteiger partial charge in [0.1, 0.15) is 5.54 Å². The van der Waals surface area contributed by atoms with Crippen LogP contribution in [0.25, 0.3) is 16.8 Å². The van der Waals surface area contributed by atoms with Crippen LogP contribution in [-0.2, 0) is 10.3 Å². The minimum atomic E-state index is -1.36. The molecule has 10 heteroatoms. The van der Waals surface area contributed by atoms with Gasteiger partial charge >= 0.3 is 0 Å². The third-order valence-corrected chi connectivity index (χ3v) is 10.9. The smallest absolute Gasteiger partial charge is 0.270 e. The number of nitro groups is 2. The molecule has 0 saturated carbocycles. The normalized spacial score (nSPS) is 28.1. The van der Waals surface area contributed by atoms with Gasteiger partial charge in [-0.05, 0) is 60.0 Å². The first-order valence-corrected chi connectivity index (χ1v) is 15.9. The standard InChI is InChI=1S/C37H32N4O6/c1-38-21-26(18-23-8-4-12-27(19-23)40(44)45)34(42)36(22-38)33(25-11-5-13-28(20-25)41(46)47)31-16-2-3-17-39(31)37(36)30-15-7-10-24-9-6-14-29(32(24)30)35(37)43/h4-15,18-20,31,33H,2-3,16-17,21-22H2,1H3/b26-18+/t31-,33-,36?,37-/m0/s1. The lowest BCUT2D eigenvalue weighted by atomic mass is 9.54. The van der Waals surface area contributed by atoms with Crippen LogP contribution in [0.5, 0.6) is 0 Å². The summed E-state index contributed by atoms with van der Waals surface area (Å²) in [4.78, 5) is 58.2. The Bertz CT molecular complexity index is 2070. The highest BCUT2D eigenvalue weighted by molar-refractivity contribution is 6.24. The Kier molecular flexibility index (Phi) is 6.54. The van der Waals surface area contributed by atoms with E-state index in [2.05, 4.69) is 9.80 Å². The van der Waals surface area contributed by atoms with Gasteiger partial charge in [-0.25, -0.2) is 0 Å². The van der Waals surface area contributed by atoms with E-state index in [0.29, 0.717) is 28.8 Å². The third-order valence-electron chi connectivity index (χ3n) is 10.9. The summed E-state index contributed by atoms with van der Waals surface area (Å²) in [6, 6.07) is 24.2. The van der Waals surface area contributed by atoms with Gasteiger partial charge in [0.15, 0.2) is 11.6 Å². The minimum absolute atomic E-state index is 0.0620. The number of likely N-dealkylation sites (tertiary alicyclic amines) is 1. The van der Waals surface area contributed by atoms with Gasteiger partial charge in [-0.2, -0.15) is 0 Å². The summed E-state index contributed by atoms with van der Waals surface area (Å²) in [6.07, 6.45) is 4.22. The number of carbonyl (C=O) groups is 2. The zero-order chi connectivity index (χ0) is 32.7. The molecule has 3 saturated heterocycles. The topological polar surface area (TPSA) is 127 Å². The van der Waals surface area contributed by atoms with Gasteiger partial charge < -0.3 is 4.90 Å². The summed E-state index contributed by atoms with van der Waals surface area (Å²) in [6.45, 7) is 1.15. The van der Waals surface area contributed by atoms with E-state index in [1.54, 1.807) is 30.3 Å². The lowest BCUT2D eigenvalue weighted by molar-refractivity contribution is -0.385. The van der Waals surface area contributed by atoms with Crippen molar-refractivity contribution in [1.82, 2.24) is 9.80 Å². The molecule has 4 aliphatic rings. The molecule has 4 aromatic carbocycles. The lowest BCUT2D eigenvalue weighted by Gasteiger charge is -2.52. The van der Waals surface area contributed by atoms with Crippen molar-refractivity contribution in [2.75, 3.05) is 26.7 Å². The molecule has 0 amide bonds. The van der Waals surface area contributed by atoms with Crippen LogP contribution in [0.3, 0.4) is 0 Å². The van der Waals surface area contributed by atoms with E-state index < -0.39 is 26.7 Å². The number of nitro benzene ring substituents is 2. The molecule has 0 radical (unpaired) electrons. The van der Waals surface area contributed by atoms with Crippen molar-refractivity contribution >= 4 is 39.8 Å².